The number of nitrogens with zero attached hydrogens (tertiary/aromatic N) is 3. The van der Waals surface area contributed by atoms with Gasteiger partial charge in [-0.1, -0.05) is 42.9 Å². The van der Waals surface area contributed by atoms with Crippen molar-refractivity contribution in [2.75, 3.05) is 24.6 Å². The zero-order chi connectivity index (χ0) is 23.5. The standard InChI is InChI=1S/C23H27ClN4O4S/c1-3-10-32-18-12-28(23-27-16-7-5-6-14(22(30)31)19(16)33-23)9-8-15(18)26-21(29)17-11-13(4-2)20(24)25-17/h5-7,15,18H,3-4,8-12H2,1-2H3,(H,26,29)(H,30,31)/t15-,18+/m1/s1. The average molecular weight is 491 g/mol. The number of carboxylic acid groups (broad SMARTS) is 1. The number of thiazole rings is 1. The molecule has 8 nitrogen and oxygen atoms in total. The van der Waals surface area contributed by atoms with Gasteiger partial charge in [-0.3, -0.25) is 4.79 Å². The van der Waals surface area contributed by atoms with E-state index in [0.717, 1.165) is 23.5 Å². The lowest BCUT2D eigenvalue weighted by Crippen LogP contribution is -2.56. The van der Waals surface area contributed by atoms with Gasteiger partial charge >= 0.3 is 5.97 Å². The number of carbonyl (C=O) groups is 2. The number of carboxylic acids is 1. The van der Waals surface area contributed by atoms with Gasteiger partial charge in [-0.15, -0.1) is 0 Å². The third-order valence-corrected chi connectivity index (χ3v) is 7.43. The van der Waals surface area contributed by atoms with Gasteiger partial charge in [0.05, 0.1) is 27.9 Å². The molecule has 2 atom stereocenters. The largest absolute Gasteiger partial charge is 0.478 e. The van der Waals surface area contributed by atoms with E-state index in [1.807, 2.05) is 19.9 Å². The molecule has 4 rings (SSSR count). The van der Waals surface area contributed by atoms with Crippen LogP contribution in [0, 0.1) is 0 Å². The van der Waals surface area contributed by atoms with E-state index in [9.17, 15) is 14.7 Å². The number of carbonyl (C=O) groups excluding carboxylic acids is 1. The number of fused-ring (bicyclic) bond motifs is 1. The van der Waals surface area contributed by atoms with E-state index >= 15 is 0 Å². The van der Waals surface area contributed by atoms with Crippen molar-refractivity contribution in [3.63, 3.8) is 0 Å². The summed E-state index contributed by atoms with van der Waals surface area (Å²) in [5.41, 5.74) is 2.35. The zero-order valence-corrected chi connectivity index (χ0v) is 20.2. The number of rotatable bonds is 8. The maximum absolute atomic E-state index is 12.8. The number of benzene rings is 1. The molecule has 2 aliphatic rings. The van der Waals surface area contributed by atoms with Gasteiger partial charge in [0.2, 0.25) is 0 Å². The number of aliphatic imine (C=N–C) groups is 1. The number of ether oxygens (including phenoxy) is 1. The van der Waals surface area contributed by atoms with Crippen LogP contribution in [0.15, 0.2) is 33.9 Å². The molecule has 0 aliphatic carbocycles. The second-order valence-electron chi connectivity index (χ2n) is 8.16. The molecule has 1 fully saturated rings. The van der Waals surface area contributed by atoms with Crippen LogP contribution in [0.3, 0.4) is 0 Å². The highest BCUT2D eigenvalue weighted by molar-refractivity contribution is 7.22. The number of halogens is 1. The summed E-state index contributed by atoms with van der Waals surface area (Å²) < 4.78 is 6.77. The monoisotopic (exact) mass is 490 g/mol. The van der Waals surface area contributed by atoms with E-state index in [4.69, 9.17) is 16.3 Å². The minimum absolute atomic E-state index is 0.156. The van der Waals surface area contributed by atoms with Crippen LogP contribution in [0.2, 0.25) is 0 Å². The summed E-state index contributed by atoms with van der Waals surface area (Å²) in [6, 6.07) is 4.97. The molecule has 0 radical (unpaired) electrons. The van der Waals surface area contributed by atoms with Crippen molar-refractivity contribution in [2.45, 2.75) is 51.7 Å². The normalized spacial score (nSPS) is 20.9. The van der Waals surface area contributed by atoms with E-state index in [-0.39, 0.29) is 23.6 Å². The third kappa shape index (κ3) is 5.05. The van der Waals surface area contributed by atoms with Gasteiger partial charge in [0, 0.05) is 26.1 Å². The van der Waals surface area contributed by atoms with E-state index in [0.29, 0.717) is 53.6 Å². The first-order valence-corrected chi connectivity index (χ1v) is 12.4. The smallest absolute Gasteiger partial charge is 0.337 e. The van der Waals surface area contributed by atoms with E-state index in [1.165, 1.54) is 11.3 Å². The molecule has 0 unspecified atom stereocenters. The summed E-state index contributed by atoms with van der Waals surface area (Å²) in [7, 11) is 0. The van der Waals surface area contributed by atoms with Gasteiger partial charge in [-0.05, 0) is 37.0 Å². The van der Waals surface area contributed by atoms with Crippen molar-refractivity contribution in [1.82, 2.24) is 10.3 Å². The highest BCUT2D eigenvalue weighted by atomic mass is 35.5. The fourth-order valence-electron chi connectivity index (χ4n) is 4.10. The number of hydrogen-bond donors (Lipinski definition) is 2. The summed E-state index contributed by atoms with van der Waals surface area (Å²) >= 11 is 7.52. The Bertz CT molecular complexity index is 1130. The lowest BCUT2D eigenvalue weighted by molar-refractivity contribution is -0.117. The molecule has 33 heavy (non-hydrogen) atoms. The fraction of sp³-hybridized carbons (Fsp3) is 0.478. The molecule has 10 heteroatoms. The van der Waals surface area contributed by atoms with Crippen LogP contribution < -0.4 is 10.2 Å². The molecular weight excluding hydrogens is 464 g/mol. The van der Waals surface area contributed by atoms with Crippen molar-refractivity contribution < 1.29 is 19.4 Å². The predicted molar refractivity (Wildman–Crippen MR) is 131 cm³/mol. The number of anilines is 1. The van der Waals surface area contributed by atoms with E-state index in [2.05, 4.69) is 20.2 Å². The first-order valence-electron chi connectivity index (χ1n) is 11.2. The Morgan fingerprint density at radius 3 is 2.88 bits per heavy atom. The third-order valence-electron chi connectivity index (χ3n) is 5.91. The summed E-state index contributed by atoms with van der Waals surface area (Å²) in [6.45, 7) is 5.86. The molecule has 1 saturated heterocycles. The second kappa shape index (κ2) is 10.2. The van der Waals surface area contributed by atoms with Gasteiger partial charge in [0.1, 0.15) is 10.9 Å². The SMILES string of the molecule is CCCO[C@H]1CN(c2nc3cccc(C(=O)O)c3s2)CC[C@H]1NC(=O)C1=NC(Cl)=C(CC)C1. The Morgan fingerprint density at radius 1 is 1.36 bits per heavy atom. The van der Waals surface area contributed by atoms with Crippen LogP contribution in [-0.2, 0) is 9.53 Å². The van der Waals surface area contributed by atoms with Crippen molar-refractivity contribution >= 4 is 55.9 Å². The molecule has 2 aliphatic heterocycles. The van der Waals surface area contributed by atoms with Crippen LogP contribution in [0.25, 0.3) is 10.2 Å². The maximum Gasteiger partial charge on any atom is 0.337 e. The predicted octanol–water partition coefficient (Wildman–Crippen LogP) is 4.19. The van der Waals surface area contributed by atoms with Gasteiger partial charge in [0.15, 0.2) is 5.13 Å². The number of aromatic nitrogens is 1. The van der Waals surface area contributed by atoms with Crippen molar-refractivity contribution in [3.8, 4) is 0 Å². The minimum atomic E-state index is -0.961. The summed E-state index contributed by atoms with van der Waals surface area (Å²) in [6.07, 6.45) is 2.58. The van der Waals surface area contributed by atoms with Crippen LogP contribution >= 0.6 is 22.9 Å². The Balaban J connectivity index is 1.48. The molecule has 176 valence electrons. The summed E-state index contributed by atoms with van der Waals surface area (Å²) in [5.74, 6) is -1.16. The van der Waals surface area contributed by atoms with Gasteiger partial charge in [-0.25, -0.2) is 14.8 Å². The molecule has 2 aromatic rings. The molecule has 1 aromatic heterocycles. The number of piperidine rings is 1. The summed E-state index contributed by atoms with van der Waals surface area (Å²) in [5, 5.41) is 13.8. The quantitative estimate of drug-likeness (QED) is 0.538. The molecular formula is C23H27ClN4O4S. The second-order valence-corrected chi connectivity index (χ2v) is 9.50. The number of hydrogen-bond acceptors (Lipinski definition) is 7. The Hall–Kier alpha value is -2.49. The Labute approximate surface area is 201 Å². The average Bonchev–Trinajstić information content (AvgIpc) is 3.41. The lowest BCUT2D eigenvalue weighted by Gasteiger charge is -2.38. The number of nitrogens with one attached hydrogen (secondary N) is 1. The topological polar surface area (TPSA) is 104 Å². The van der Waals surface area contributed by atoms with Crippen LogP contribution in [0.4, 0.5) is 5.13 Å². The first-order chi connectivity index (χ1) is 15.9. The van der Waals surface area contributed by atoms with E-state index in [1.54, 1.807) is 12.1 Å². The maximum atomic E-state index is 12.8. The lowest BCUT2D eigenvalue weighted by atomic mass is 10.0. The Kier molecular flexibility index (Phi) is 7.31. The van der Waals surface area contributed by atoms with Gasteiger partial charge in [0.25, 0.3) is 5.91 Å². The highest BCUT2D eigenvalue weighted by Crippen LogP contribution is 2.33. The Morgan fingerprint density at radius 2 is 2.18 bits per heavy atom. The fourth-order valence-corrected chi connectivity index (χ4v) is 5.51. The van der Waals surface area contributed by atoms with Gasteiger partial charge < -0.3 is 20.1 Å². The zero-order valence-electron chi connectivity index (χ0n) is 18.6. The van der Waals surface area contributed by atoms with Crippen LogP contribution in [-0.4, -0.2) is 59.5 Å². The molecule has 3 heterocycles. The van der Waals surface area contributed by atoms with Crippen LogP contribution in [0.5, 0.6) is 0 Å². The number of aromatic carboxylic acids is 1. The first kappa shape index (κ1) is 23.7. The molecule has 0 spiro atoms. The molecule has 0 bridgehead atoms. The number of amides is 1. The molecule has 1 amide bonds. The van der Waals surface area contributed by atoms with Gasteiger partial charge in [-0.2, -0.15) is 0 Å². The van der Waals surface area contributed by atoms with E-state index < -0.39 is 5.97 Å². The van der Waals surface area contributed by atoms with Crippen molar-refractivity contribution in [3.05, 3.63) is 34.5 Å². The molecule has 1 aromatic carbocycles. The highest BCUT2D eigenvalue weighted by Gasteiger charge is 2.34. The van der Waals surface area contributed by atoms with Crippen LogP contribution in [0.1, 0.15) is 49.9 Å². The minimum Gasteiger partial charge on any atom is -0.478 e. The summed E-state index contributed by atoms with van der Waals surface area (Å²) in [4.78, 5) is 35.4. The number of allylic oxidation sites excluding steroid dienone is 1. The van der Waals surface area contributed by atoms with Crippen molar-refractivity contribution in [1.29, 1.82) is 0 Å². The molecule has 0 saturated carbocycles. The molecule has 2 N–H and O–H groups in total. The van der Waals surface area contributed by atoms with Crippen molar-refractivity contribution in [2.24, 2.45) is 4.99 Å².